The Morgan fingerprint density at radius 1 is 1.06 bits per heavy atom. The molecule has 2 rings (SSSR count). The number of hydrogen-bond acceptors (Lipinski definition) is 7. The Balaban J connectivity index is 2.13. The standard InChI is InChI=1S/C22H30N6O5S/c1-34-8-7-17(21(32)25-12-19(29)30)27-22(33)18(9-14-5-3-2-4-6-14)28-20(31)16(23)10-15-11-24-13-26-15/h2-6,11,13,16-18H,7-10,12,23H2,1H3,(H,24,26)(H,25,32)(H,27,33)(H,28,31)(H,29,30). The first-order valence-electron chi connectivity index (χ1n) is 10.7. The van der Waals surface area contributed by atoms with Gasteiger partial charge in [0.1, 0.15) is 18.6 Å². The number of thioether (sulfide) groups is 1. The molecule has 1 aromatic carbocycles. The number of nitrogens with zero attached hydrogens (tertiary/aromatic N) is 1. The fraction of sp³-hybridized carbons (Fsp3) is 0.409. The second-order valence-electron chi connectivity index (χ2n) is 7.59. The smallest absolute Gasteiger partial charge is 0.322 e. The second kappa shape index (κ2) is 14.0. The van der Waals surface area contributed by atoms with Gasteiger partial charge in [0.15, 0.2) is 0 Å². The number of carbonyl (C=O) groups is 4. The quantitative estimate of drug-likeness (QED) is 0.204. The van der Waals surface area contributed by atoms with Gasteiger partial charge in [-0.2, -0.15) is 11.8 Å². The Kier molecular flexibility index (Phi) is 11.1. The van der Waals surface area contributed by atoms with Gasteiger partial charge in [-0.3, -0.25) is 19.2 Å². The Morgan fingerprint density at radius 3 is 2.38 bits per heavy atom. The van der Waals surface area contributed by atoms with E-state index in [9.17, 15) is 19.2 Å². The summed E-state index contributed by atoms with van der Waals surface area (Å²) in [6.45, 7) is -0.558. The van der Waals surface area contributed by atoms with E-state index in [1.54, 1.807) is 6.20 Å². The van der Waals surface area contributed by atoms with Crippen molar-refractivity contribution in [3.63, 3.8) is 0 Å². The predicted octanol–water partition coefficient (Wildman–Crippen LogP) is -0.554. The zero-order valence-electron chi connectivity index (χ0n) is 18.8. The topological polar surface area (TPSA) is 179 Å². The second-order valence-corrected chi connectivity index (χ2v) is 8.58. The van der Waals surface area contributed by atoms with E-state index < -0.39 is 48.4 Å². The zero-order chi connectivity index (χ0) is 24.9. The van der Waals surface area contributed by atoms with Crippen LogP contribution in [0.5, 0.6) is 0 Å². The summed E-state index contributed by atoms with van der Waals surface area (Å²) >= 11 is 1.48. The number of carboxylic acids is 1. The van der Waals surface area contributed by atoms with Crippen LogP contribution in [0.25, 0.3) is 0 Å². The lowest BCUT2D eigenvalue weighted by Gasteiger charge is -2.24. The number of benzene rings is 1. The minimum atomic E-state index is -1.19. The van der Waals surface area contributed by atoms with Crippen LogP contribution in [-0.2, 0) is 32.0 Å². The van der Waals surface area contributed by atoms with Crippen LogP contribution in [0.3, 0.4) is 0 Å². The normalized spacial score (nSPS) is 13.4. The third kappa shape index (κ3) is 9.24. The molecule has 3 unspecified atom stereocenters. The number of carboxylic acid groups (broad SMARTS) is 1. The van der Waals surface area contributed by atoms with Crippen LogP contribution in [0.15, 0.2) is 42.9 Å². The molecule has 12 heteroatoms. The van der Waals surface area contributed by atoms with Crippen molar-refractivity contribution < 1.29 is 24.3 Å². The minimum Gasteiger partial charge on any atom is -0.480 e. The predicted molar refractivity (Wildman–Crippen MR) is 128 cm³/mol. The summed E-state index contributed by atoms with van der Waals surface area (Å²) in [6.07, 6.45) is 5.58. The van der Waals surface area contributed by atoms with Crippen molar-refractivity contribution in [1.82, 2.24) is 25.9 Å². The van der Waals surface area contributed by atoms with E-state index in [2.05, 4.69) is 25.9 Å². The molecule has 0 radical (unpaired) electrons. The lowest BCUT2D eigenvalue weighted by Crippen LogP contribution is -2.57. The average Bonchev–Trinajstić information content (AvgIpc) is 3.33. The fourth-order valence-electron chi connectivity index (χ4n) is 3.13. The third-order valence-electron chi connectivity index (χ3n) is 4.90. The molecule has 1 heterocycles. The molecule has 34 heavy (non-hydrogen) atoms. The number of nitrogens with one attached hydrogen (secondary N) is 4. The van der Waals surface area contributed by atoms with Crippen molar-refractivity contribution >= 4 is 35.5 Å². The number of amides is 3. The lowest BCUT2D eigenvalue weighted by atomic mass is 10.0. The molecule has 3 amide bonds. The highest BCUT2D eigenvalue weighted by Crippen LogP contribution is 2.07. The fourth-order valence-corrected chi connectivity index (χ4v) is 3.60. The van der Waals surface area contributed by atoms with Gasteiger partial charge in [0.2, 0.25) is 17.7 Å². The van der Waals surface area contributed by atoms with E-state index >= 15 is 0 Å². The highest BCUT2D eigenvalue weighted by molar-refractivity contribution is 7.98. The number of imidazole rings is 1. The van der Waals surface area contributed by atoms with Gasteiger partial charge in [0.25, 0.3) is 0 Å². The maximum atomic E-state index is 13.2. The molecule has 0 saturated carbocycles. The van der Waals surface area contributed by atoms with Crippen LogP contribution in [-0.4, -0.2) is 75.4 Å². The number of aliphatic carboxylic acids is 1. The molecule has 0 spiro atoms. The summed E-state index contributed by atoms with van der Waals surface area (Å²) < 4.78 is 0. The van der Waals surface area contributed by atoms with Crippen molar-refractivity contribution in [2.45, 2.75) is 37.4 Å². The maximum absolute atomic E-state index is 13.2. The summed E-state index contributed by atoms with van der Waals surface area (Å²) in [5.41, 5.74) is 7.51. The molecule has 0 aliphatic rings. The molecule has 11 nitrogen and oxygen atoms in total. The summed E-state index contributed by atoms with van der Waals surface area (Å²) in [7, 11) is 0. The highest BCUT2D eigenvalue weighted by Gasteiger charge is 2.28. The number of nitrogens with two attached hydrogens (primary N) is 1. The van der Waals surface area contributed by atoms with Crippen LogP contribution >= 0.6 is 11.8 Å². The van der Waals surface area contributed by atoms with Crippen LogP contribution < -0.4 is 21.7 Å². The molecule has 0 bridgehead atoms. The van der Waals surface area contributed by atoms with E-state index in [0.717, 1.165) is 5.56 Å². The summed E-state index contributed by atoms with van der Waals surface area (Å²) in [4.78, 5) is 55.9. The number of aromatic amines is 1. The molecule has 1 aromatic heterocycles. The number of rotatable bonds is 14. The largest absolute Gasteiger partial charge is 0.480 e. The van der Waals surface area contributed by atoms with Crippen molar-refractivity contribution in [3.8, 4) is 0 Å². The minimum absolute atomic E-state index is 0.182. The summed E-state index contributed by atoms with van der Waals surface area (Å²) in [5.74, 6) is -2.32. The van der Waals surface area contributed by atoms with Crippen LogP contribution in [0, 0.1) is 0 Å². The Labute approximate surface area is 201 Å². The Bertz CT molecular complexity index is 941. The molecule has 184 valence electrons. The molecular formula is C22H30N6O5S. The van der Waals surface area contributed by atoms with Gasteiger partial charge in [0.05, 0.1) is 12.4 Å². The van der Waals surface area contributed by atoms with Gasteiger partial charge < -0.3 is 31.8 Å². The number of carbonyl (C=O) groups excluding carboxylic acids is 3. The third-order valence-corrected chi connectivity index (χ3v) is 5.55. The van der Waals surface area contributed by atoms with Crippen LogP contribution in [0.4, 0.5) is 0 Å². The molecule has 0 saturated heterocycles. The SMILES string of the molecule is CSCCC(NC(=O)C(Cc1ccccc1)NC(=O)C(N)Cc1cnc[nH]1)C(=O)NCC(=O)O. The summed E-state index contributed by atoms with van der Waals surface area (Å²) in [6, 6.07) is 6.25. The van der Waals surface area contributed by atoms with E-state index in [0.29, 0.717) is 17.9 Å². The molecular weight excluding hydrogens is 460 g/mol. The molecule has 3 atom stereocenters. The molecule has 0 aliphatic heterocycles. The van der Waals surface area contributed by atoms with Gasteiger partial charge >= 0.3 is 5.97 Å². The number of aromatic nitrogens is 2. The van der Waals surface area contributed by atoms with Crippen LogP contribution in [0.2, 0.25) is 0 Å². The first-order chi connectivity index (χ1) is 16.3. The zero-order valence-corrected chi connectivity index (χ0v) is 19.6. The first kappa shape index (κ1) is 26.9. The van der Waals surface area contributed by atoms with Gasteiger partial charge in [0, 0.05) is 24.7 Å². The van der Waals surface area contributed by atoms with Crippen LogP contribution in [0.1, 0.15) is 17.7 Å². The van der Waals surface area contributed by atoms with Gasteiger partial charge in [-0.1, -0.05) is 30.3 Å². The van der Waals surface area contributed by atoms with Crippen molar-refractivity contribution in [3.05, 3.63) is 54.1 Å². The molecule has 0 fully saturated rings. The van der Waals surface area contributed by atoms with E-state index in [1.165, 1.54) is 18.1 Å². The van der Waals surface area contributed by atoms with Crippen molar-refractivity contribution in [2.75, 3.05) is 18.6 Å². The number of hydrogen-bond donors (Lipinski definition) is 6. The lowest BCUT2D eigenvalue weighted by molar-refractivity contribution is -0.138. The van der Waals surface area contributed by atoms with Crippen molar-refractivity contribution in [2.24, 2.45) is 5.73 Å². The molecule has 2 aromatic rings. The van der Waals surface area contributed by atoms with Gasteiger partial charge in [-0.05, 0) is 24.0 Å². The maximum Gasteiger partial charge on any atom is 0.322 e. The Morgan fingerprint density at radius 2 is 1.76 bits per heavy atom. The molecule has 0 aliphatic carbocycles. The summed E-state index contributed by atoms with van der Waals surface area (Å²) in [5, 5.41) is 16.5. The van der Waals surface area contributed by atoms with E-state index in [1.807, 2.05) is 36.6 Å². The highest BCUT2D eigenvalue weighted by atomic mass is 32.2. The van der Waals surface area contributed by atoms with Gasteiger partial charge in [-0.15, -0.1) is 0 Å². The van der Waals surface area contributed by atoms with Gasteiger partial charge in [-0.25, -0.2) is 4.98 Å². The average molecular weight is 491 g/mol. The monoisotopic (exact) mass is 490 g/mol. The number of H-pyrrole nitrogens is 1. The first-order valence-corrected chi connectivity index (χ1v) is 12.1. The molecule has 7 N–H and O–H groups in total. The van der Waals surface area contributed by atoms with E-state index in [4.69, 9.17) is 10.8 Å². The van der Waals surface area contributed by atoms with Crippen molar-refractivity contribution in [1.29, 1.82) is 0 Å². The van der Waals surface area contributed by atoms with E-state index in [-0.39, 0.29) is 12.8 Å². The Hall–Kier alpha value is -3.38.